The number of fused-ring (bicyclic) bond motifs is 1. The molecule has 0 saturated heterocycles. The molecule has 4 heteroatoms. The van der Waals surface area contributed by atoms with Gasteiger partial charge in [-0.2, -0.15) is 0 Å². The lowest BCUT2D eigenvalue weighted by atomic mass is 10.0. The van der Waals surface area contributed by atoms with E-state index in [0.29, 0.717) is 18.9 Å². The van der Waals surface area contributed by atoms with E-state index in [1.165, 1.54) is 25.7 Å². The molecule has 2 aromatic rings. The second-order valence-corrected chi connectivity index (χ2v) is 5.71. The highest BCUT2D eigenvalue weighted by molar-refractivity contribution is 5.77. The molecule has 1 heterocycles. The number of para-hydroxylation sites is 2. The molecule has 1 aromatic carbocycles. The Morgan fingerprint density at radius 2 is 2.10 bits per heavy atom. The summed E-state index contributed by atoms with van der Waals surface area (Å²) in [5.41, 5.74) is 2.09. The van der Waals surface area contributed by atoms with Gasteiger partial charge >= 0.3 is 0 Å². The molecule has 1 aliphatic carbocycles. The predicted molar refractivity (Wildman–Crippen MR) is 79.1 cm³/mol. The highest BCUT2D eigenvalue weighted by atomic mass is 16.1. The van der Waals surface area contributed by atoms with Gasteiger partial charge in [0.05, 0.1) is 17.6 Å². The molecule has 0 atom stereocenters. The van der Waals surface area contributed by atoms with E-state index in [9.17, 15) is 4.79 Å². The topological polar surface area (TPSA) is 46.9 Å². The van der Waals surface area contributed by atoms with Crippen LogP contribution in [0, 0.1) is 5.92 Å². The average molecular weight is 271 g/mol. The van der Waals surface area contributed by atoms with Crippen molar-refractivity contribution in [2.45, 2.75) is 38.6 Å². The first-order valence-electron chi connectivity index (χ1n) is 7.41. The number of hydrogen-bond donors (Lipinski definition) is 1. The highest BCUT2D eigenvalue weighted by Gasteiger charge is 2.18. The minimum absolute atomic E-state index is 0.156. The lowest BCUT2D eigenvalue weighted by Crippen LogP contribution is -2.25. The Kier molecular flexibility index (Phi) is 3.72. The summed E-state index contributed by atoms with van der Waals surface area (Å²) in [6.07, 6.45) is 5.65. The monoisotopic (exact) mass is 271 g/mol. The fourth-order valence-electron chi connectivity index (χ4n) is 3.08. The van der Waals surface area contributed by atoms with Crippen LogP contribution in [0.4, 0.5) is 0 Å². The predicted octanol–water partition coefficient (Wildman–Crippen LogP) is 2.77. The third-order valence-electron chi connectivity index (χ3n) is 4.27. The van der Waals surface area contributed by atoms with Crippen LogP contribution in [0.25, 0.3) is 11.0 Å². The van der Waals surface area contributed by atoms with E-state index >= 15 is 0 Å². The van der Waals surface area contributed by atoms with Crippen molar-refractivity contribution in [1.29, 1.82) is 0 Å². The van der Waals surface area contributed by atoms with Crippen molar-refractivity contribution in [3.8, 4) is 0 Å². The molecule has 4 nitrogen and oxygen atoms in total. The van der Waals surface area contributed by atoms with Crippen molar-refractivity contribution in [1.82, 2.24) is 14.9 Å². The van der Waals surface area contributed by atoms with E-state index in [-0.39, 0.29) is 5.91 Å². The number of imidazole rings is 1. The van der Waals surface area contributed by atoms with E-state index in [2.05, 4.69) is 10.3 Å². The first-order valence-corrected chi connectivity index (χ1v) is 7.41. The molecule has 0 radical (unpaired) electrons. The molecule has 0 unspecified atom stereocenters. The lowest BCUT2D eigenvalue weighted by molar-refractivity contribution is -0.122. The first-order chi connectivity index (χ1) is 9.74. The van der Waals surface area contributed by atoms with E-state index in [1.54, 1.807) is 0 Å². The zero-order chi connectivity index (χ0) is 13.9. The van der Waals surface area contributed by atoms with E-state index in [0.717, 1.165) is 16.9 Å². The van der Waals surface area contributed by atoms with Crippen LogP contribution >= 0.6 is 0 Å². The maximum atomic E-state index is 12.0. The van der Waals surface area contributed by atoms with Crippen molar-refractivity contribution in [3.63, 3.8) is 0 Å². The first kappa shape index (κ1) is 13.2. The standard InChI is InChI=1S/C16H21N3O/c1-19-14-9-5-4-8-13(14)18-15(19)11-17-16(20)10-12-6-2-3-7-12/h4-5,8-9,12H,2-3,6-7,10-11H2,1H3,(H,17,20). The van der Waals surface area contributed by atoms with Gasteiger partial charge in [-0.3, -0.25) is 4.79 Å². The van der Waals surface area contributed by atoms with Crippen molar-refractivity contribution < 1.29 is 4.79 Å². The van der Waals surface area contributed by atoms with Crippen LogP contribution < -0.4 is 5.32 Å². The molecule has 3 rings (SSSR count). The van der Waals surface area contributed by atoms with Crippen LogP contribution in [0.1, 0.15) is 37.9 Å². The maximum absolute atomic E-state index is 12.0. The molecule has 1 aromatic heterocycles. The second-order valence-electron chi connectivity index (χ2n) is 5.71. The van der Waals surface area contributed by atoms with Crippen LogP contribution in [0.3, 0.4) is 0 Å². The smallest absolute Gasteiger partial charge is 0.220 e. The molecular formula is C16H21N3O. The van der Waals surface area contributed by atoms with Gasteiger partial charge in [-0.05, 0) is 30.9 Å². The molecule has 0 aliphatic heterocycles. The number of nitrogens with zero attached hydrogens (tertiary/aromatic N) is 2. The number of hydrogen-bond acceptors (Lipinski definition) is 2. The Morgan fingerprint density at radius 3 is 2.85 bits per heavy atom. The van der Waals surface area contributed by atoms with Gasteiger partial charge in [0.25, 0.3) is 0 Å². The van der Waals surface area contributed by atoms with Gasteiger partial charge < -0.3 is 9.88 Å². The summed E-state index contributed by atoms with van der Waals surface area (Å²) in [6, 6.07) is 8.04. The van der Waals surface area contributed by atoms with Crippen LogP contribution in [0.15, 0.2) is 24.3 Å². The number of aromatic nitrogens is 2. The van der Waals surface area contributed by atoms with Gasteiger partial charge in [0.2, 0.25) is 5.91 Å². The summed E-state index contributed by atoms with van der Waals surface area (Å²) >= 11 is 0. The summed E-state index contributed by atoms with van der Waals surface area (Å²) in [5, 5.41) is 3.01. The van der Waals surface area contributed by atoms with Crippen molar-refractivity contribution in [2.75, 3.05) is 0 Å². The third kappa shape index (κ3) is 2.69. The Balaban J connectivity index is 1.61. The summed E-state index contributed by atoms with van der Waals surface area (Å²) in [7, 11) is 1.99. The van der Waals surface area contributed by atoms with Gasteiger partial charge in [-0.1, -0.05) is 25.0 Å². The Labute approximate surface area is 119 Å². The zero-order valence-electron chi connectivity index (χ0n) is 11.9. The minimum atomic E-state index is 0.156. The van der Waals surface area contributed by atoms with Crippen LogP contribution in [0.2, 0.25) is 0 Å². The Morgan fingerprint density at radius 1 is 1.35 bits per heavy atom. The van der Waals surface area contributed by atoms with Gasteiger partial charge in [0.15, 0.2) is 0 Å². The average Bonchev–Trinajstić information content (AvgIpc) is 3.06. The number of amides is 1. The molecular weight excluding hydrogens is 250 g/mol. The quantitative estimate of drug-likeness (QED) is 0.929. The number of aryl methyl sites for hydroxylation is 1. The fourth-order valence-corrected chi connectivity index (χ4v) is 3.08. The molecule has 1 amide bonds. The zero-order valence-corrected chi connectivity index (χ0v) is 11.9. The van der Waals surface area contributed by atoms with Gasteiger partial charge in [0.1, 0.15) is 5.82 Å². The van der Waals surface area contributed by atoms with E-state index in [4.69, 9.17) is 0 Å². The Hall–Kier alpha value is -1.84. The number of benzene rings is 1. The van der Waals surface area contributed by atoms with Crippen molar-refractivity contribution in [3.05, 3.63) is 30.1 Å². The largest absolute Gasteiger partial charge is 0.349 e. The van der Waals surface area contributed by atoms with Crippen LogP contribution in [-0.4, -0.2) is 15.5 Å². The summed E-state index contributed by atoms with van der Waals surface area (Å²) in [5.74, 6) is 1.66. The fraction of sp³-hybridized carbons (Fsp3) is 0.500. The van der Waals surface area contributed by atoms with E-state index in [1.807, 2.05) is 35.9 Å². The highest BCUT2D eigenvalue weighted by Crippen LogP contribution is 2.27. The second kappa shape index (κ2) is 5.65. The minimum Gasteiger partial charge on any atom is -0.349 e. The summed E-state index contributed by atoms with van der Waals surface area (Å²) in [6.45, 7) is 0.511. The van der Waals surface area contributed by atoms with Gasteiger partial charge in [-0.25, -0.2) is 4.98 Å². The molecule has 1 aliphatic rings. The third-order valence-corrected chi connectivity index (χ3v) is 4.27. The molecule has 1 fully saturated rings. The molecule has 0 spiro atoms. The number of nitrogens with one attached hydrogen (secondary N) is 1. The van der Waals surface area contributed by atoms with E-state index < -0.39 is 0 Å². The number of carbonyl (C=O) groups excluding carboxylic acids is 1. The number of rotatable bonds is 4. The maximum Gasteiger partial charge on any atom is 0.220 e. The molecule has 1 N–H and O–H groups in total. The molecule has 0 bridgehead atoms. The lowest BCUT2D eigenvalue weighted by Gasteiger charge is -2.09. The molecule has 106 valence electrons. The van der Waals surface area contributed by atoms with Gasteiger partial charge in [-0.15, -0.1) is 0 Å². The van der Waals surface area contributed by atoms with Crippen molar-refractivity contribution >= 4 is 16.9 Å². The van der Waals surface area contributed by atoms with Crippen molar-refractivity contribution in [2.24, 2.45) is 13.0 Å². The molecule has 20 heavy (non-hydrogen) atoms. The number of carbonyl (C=O) groups is 1. The summed E-state index contributed by atoms with van der Waals surface area (Å²) < 4.78 is 2.05. The van der Waals surface area contributed by atoms with Crippen LogP contribution in [-0.2, 0) is 18.4 Å². The van der Waals surface area contributed by atoms with Gasteiger partial charge in [0, 0.05) is 13.5 Å². The summed E-state index contributed by atoms with van der Waals surface area (Å²) in [4.78, 5) is 16.5. The van der Waals surface area contributed by atoms with Crippen LogP contribution in [0.5, 0.6) is 0 Å². The Bertz CT molecular complexity index is 611. The normalized spacial score (nSPS) is 15.8. The SMILES string of the molecule is Cn1c(CNC(=O)CC2CCCC2)nc2ccccc21. The molecule has 1 saturated carbocycles.